The molecule has 5 aromatic rings. The molecule has 1 N–H and O–H groups in total. The maximum Gasteiger partial charge on any atom is 0.273 e. The number of nitrogens with zero attached hydrogens (tertiary/aromatic N) is 3. The van der Waals surface area contributed by atoms with Crippen LogP contribution in [0, 0.1) is 13.8 Å². The van der Waals surface area contributed by atoms with Crippen molar-refractivity contribution < 1.29 is 13.2 Å². The van der Waals surface area contributed by atoms with Gasteiger partial charge in [0.25, 0.3) is 15.9 Å². The number of anilines is 1. The average Bonchev–Trinajstić information content (AvgIpc) is 3.30. The van der Waals surface area contributed by atoms with E-state index >= 15 is 0 Å². The van der Waals surface area contributed by atoms with E-state index in [1.807, 2.05) is 66.9 Å². The van der Waals surface area contributed by atoms with Crippen LogP contribution in [0.4, 0.5) is 5.69 Å². The number of rotatable bonds is 9. The lowest BCUT2D eigenvalue weighted by molar-refractivity contribution is 0.0955. The van der Waals surface area contributed by atoms with E-state index in [1.165, 1.54) is 16.4 Å². The van der Waals surface area contributed by atoms with Gasteiger partial charge in [0, 0.05) is 17.0 Å². The number of amides is 1. The van der Waals surface area contributed by atoms with Crippen LogP contribution in [0.3, 0.4) is 0 Å². The Kier molecular flexibility index (Phi) is 9.01. The van der Waals surface area contributed by atoms with Crippen LogP contribution in [0.5, 0.6) is 0 Å². The lowest BCUT2D eigenvalue weighted by Gasteiger charge is -2.26. The van der Waals surface area contributed by atoms with Crippen LogP contribution in [-0.4, -0.2) is 25.1 Å². The molecule has 218 valence electrons. The summed E-state index contributed by atoms with van der Waals surface area (Å²) in [6.45, 7) is 3.88. The lowest BCUT2D eigenvalue weighted by Crippen LogP contribution is -2.33. The lowest BCUT2D eigenvalue weighted by atomic mass is 10.1. The molecule has 1 aromatic heterocycles. The molecule has 1 amide bonds. The zero-order valence-electron chi connectivity index (χ0n) is 23.4. The van der Waals surface area contributed by atoms with E-state index in [4.69, 9.17) is 23.2 Å². The molecule has 7 nitrogen and oxygen atoms in total. The van der Waals surface area contributed by atoms with Crippen molar-refractivity contribution in [1.29, 1.82) is 0 Å². The topological polar surface area (TPSA) is 83.8 Å². The van der Waals surface area contributed by atoms with Crippen molar-refractivity contribution in [2.75, 3.05) is 4.31 Å². The summed E-state index contributed by atoms with van der Waals surface area (Å²) in [4.78, 5) is 13.6. The fourth-order valence-corrected chi connectivity index (χ4v) is 6.70. The Labute approximate surface area is 261 Å². The highest BCUT2D eigenvalue weighted by molar-refractivity contribution is 7.92. The largest absolute Gasteiger partial charge is 0.316 e. The normalized spacial score (nSPS) is 11.5. The minimum atomic E-state index is -4.02. The van der Waals surface area contributed by atoms with E-state index < -0.39 is 15.9 Å². The molecule has 0 aliphatic heterocycles. The molecule has 0 atom stereocenters. The zero-order chi connectivity index (χ0) is 30.6. The minimum Gasteiger partial charge on any atom is -0.316 e. The fraction of sp³-hybridized carbons (Fsp3) is 0.0909. The Bertz CT molecular complexity index is 1910. The van der Waals surface area contributed by atoms with Gasteiger partial charge in [-0.25, -0.2) is 13.8 Å². The highest BCUT2D eigenvalue weighted by Gasteiger charge is 2.28. The molecule has 0 saturated carbocycles. The second-order valence-corrected chi connectivity index (χ2v) is 12.4. The summed E-state index contributed by atoms with van der Waals surface area (Å²) in [7, 11) is -4.02. The van der Waals surface area contributed by atoms with Crippen LogP contribution in [0.2, 0.25) is 10.0 Å². The molecule has 0 fully saturated rings. The monoisotopic (exact) mass is 630 g/mol. The molecular weight excluding hydrogens is 603 g/mol. The number of hydrazone groups is 1. The van der Waals surface area contributed by atoms with Gasteiger partial charge < -0.3 is 4.57 Å². The molecular formula is C33H28Cl2N4O3S. The molecule has 1 heterocycles. The predicted octanol–water partition coefficient (Wildman–Crippen LogP) is 7.56. The molecule has 0 saturated heterocycles. The summed E-state index contributed by atoms with van der Waals surface area (Å²) in [5.41, 5.74) is 6.98. The van der Waals surface area contributed by atoms with Gasteiger partial charge in [0.05, 0.1) is 44.6 Å². The summed E-state index contributed by atoms with van der Waals surface area (Å²) in [6, 6.07) is 31.3. The first-order valence-corrected chi connectivity index (χ1v) is 15.6. The predicted molar refractivity (Wildman–Crippen MR) is 173 cm³/mol. The van der Waals surface area contributed by atoms with Crippen molar-refractivity contribution in [2.45, 2.75) is 25.3 Å². The van der Waals surface area contributed by atoms with Crippen LogP contribution in [-0.2, 0) is 16.6 Å². The summed E-state index contributed by atoms with van der Waals surface area (Å²) >= 11 is 12.7. The molecule has 0 radical (unpaired) electrons. The second-order valence-electron chi connectivity index (χ2n) is 9.76. The van der Waals surface area contributed by atoms with Crippen molar-refractivity contribution in [2.24, 2.45) is 5.10 Å². The second kappa shape index (κ2) is 12.9. The number of carbonyl (C=O) groups excluding carboxylic acids is 1. The average molecular weight is 632 g/mol. The number of benzene rings is 4. The SMILES string of the molecule is Cc1cc(/C=N\NC(=O)c2ccccc2N(Cc2ccccc2)S(=O)(=O)c2ccccc2)c(C)n1-c1cccc(Cl)c1Cl. The van der Waals surface area contributed by atoms with Gasteiger partial charge >= 0.3 is 0 Å². The number of nitrogens with one attached hydrogen (secondary N) is 1. The van der Waals surface area contributed by atoms with Gasteiger partial charge in [-0.1, -0.05) is 89.9 Å². The molecule has 5 rings (SSSR count). The first-order chi connectivity index (χ1) is 20.7. The summed E-state index contributed by atoms with van der Waals surface area (Å²) in [5, 5.41) is 5.09. The van der Waals surface area contributed by atoms with Gasteiger partial charge in [-0.15, -0.1) is 0 Å². The van der Waals surface area contributed by atoms with E-state index in [-0.39, 0.29) is 22.7 Å². The Morgan fingerprint density at radius 2 is 1.53 bits per heavy atom. The molecule has 43 heavy (non-hydrogen) atoms. The van der Waals surface area contributed by atoms with Crippen LogP contribution in [0.1, 0.15) is 32.9 Å². The smallest absolute Gasteiger partial charge is 0.273 e. The molecule has 0 aliphatic rings. The Balaban J connectivity index is 1.45. The van der Waals surface area contributed by atoms with E-state index in [2.05, 4.69) is 10.5 Å². The van der Waals surface area contributed by atoms with Crippen LogP contribution in [0.25, 0.3) is 5.69 Å². The number of aryl methyl sites for hydroxylation is 1. The van der Waals surface area contributed by atoms with Crippen LogP contribution >= 0.6 is 23.2 Å². The Morgan fingerprint density at radius 1 is 0.884 bits per heavy atom. The first-order valence-electron chi connectivity index (χ1n) is 13.4. The molecule has 10 heteroatoms. The van der Waals surface area contributed by atoms with Crippen molar-refractivity contribution in [3.05, 3.63) is 147 Å². The molecule has 0 bridgehead atoms. The Hall–Kier alpha value is -4.37. The first kappa shape index (κ1) is 30.1. The third-order valence-electron chi connectivity index (χ3n) is 6.93. The molecule has 0 aliphatic carbocycles. The van der Waals surface area contributed by atoms with Gasteiger partial charge in [0.1, 0.15) is 0 Å². The minimum absolute atomic E-state index is 0.0314. The van der Waals surface area contributed by atoms with E-state index in [0.717, 1.165) is 28.2 Å². The molecule has 0 spiro atoms. The third kappa shape index (κ3) is 6.37. The van der Waals surface area contributed by atoms with Gasteiger partial charge in [0.15, 0.2) is 0 Å². The number of sulfonamides is 1. The highest BCUT2D eigenvalue weighted by atomic mass is 35.5. The maximum atomic E-state index is 13.9. The van der Waals surface area contributed by atoms with Gasteiger partial charge in [-0.3, -0.25) is 9.10 Å². The van der Waals surface area contributed by atoms with Crippen molar-refractivity contribution in [3.8, 4) is 5.69 Å². The standard InChI is InChI=1S/C33H28Cl2N4O3S/c1-23-20-26(24(2)39(23)31-19-11-17-29(34)32(31)35)21-36-37-33(40)28-16-9-10-18-30(28)38(22-25-12-5-3-6-13-25)43(41,42)27-14-7-4-8-15-27/h3-21H,22H2,1-2H3,(H,37,40)/b36-21-. The molecule has 0 unspecified atom stereocenters. The number of aromatic nitrogens is 1. The van der Waals surface area contributed by atoms with Crippen molar-refractivity contribution >= 4 is 51.0 Å². The van der Waals surface area contributed by atoms with Gasteiger partial charge in [-0.2, -0.15) is 5.10 Å². The zero-order valence-corrected chi connectivity index (χ0v) is 25.7. The van der Waals surface area contributed by atoms with Gasteiger partial charge in [-0.05, 0) is 61.9 Å². The number of hydrogen-bond acceptors (Lipinski definition) is 4. The highest BCUT2D eigenvalue weighted by Crippen LogP contribution is 2.32. The number of hydrogen-bond donors (Lipinski definition) is 1. The number of halogens is 2. The van der Waals surface area contributed by atoms with Crippen LogP contribution in [0.15, 0.2) is 119 Å². The fourth-order valence-electron chi connectivity index (χ4n) is 4.83. The Morgan fingerprint density at radius 3 is 2.26 bits per heavy atom. The van der Waals surface area contributed by atoms with Gasteiger partial charge in [0.2, 0.25) is 0 Å². The number of carbonyl (C=O) groups is 1. The number of para-hydroxylation sites is 1. The summed E-state index contributed by atoms with van der Waals surface area (Å²) in [6.07, 6.45) is 1.54. The van der Waals surface area contributed by atoms with Crippen molar-refractivity contribution in [1.82, 2.24) is 9.99 Å². The summed E-state index contributed by atoms with van der Waals surface area (Å²) in [5.74, 6) is -0.556. The van der Waals surface area contributed by atoms with Crippen molar-refractivity contribution in [3.63, 3.8) is 0 Å². The van der Waals surface area contributed by atoms with Crippen LogP contribution < -0.4 is 9.73 Å². The maximum absolute atomic E-state index is 13.9. The van der Waals surface area contributed by atoms with E-state index in [0.29, 0.717) is 10.0 Å². The van der Waals surface area contributed by atoms with E-state index in [1.54, 1.807) is 54.7 Å². The quantitative estimate of drug-likeness (QED) is 0.135. The summed E-state index contributed by atoms with van der Waals surface area (Å²) < 4.78 is 31.0. The van der Waals surface area contributed by atoms with E-state index in [9.17, 15) is 13.2 Å². The molecule has 4 aromatic carbocycles. The third-order valence-corrected chi connectivity index (χ3v) is 9.51.